The molecular weight excluding hydrogens is 563 g/mol. The summed E-state index contributed by atoms with van der Waals surface area (Å²) in [5.41, 5.74) is 4.99. The Morgan fingerprint density at radius 2 is 1.64 bits per heavy atom. The lowest BCUT2D eigenvalue weighted by Crippen LogP contribution is -2.45. The lowest BCUT2D eigenvalue weighted by molar-refractivity contribution is -0.137. The number of carbonyl (C=O) groups is 2. The molecule has 3 aromatic carbocycles. The molecule has 44 heavy (non-hydrogen) atoms. The van der Waals surface area contributed by atoms with E-state index in [2.05, 4.69) is 47.6 Å². The summed E-state index contributed by atoms with van der Waals surface area (Å²) in [6, 6.07) is 18.4. The van der Waals surface area contributed by atoms with Gasteiger partial charge in [-0.15, -0.1) is 0 Å². The third-order valence-electron chi connectivity index (χ3n) is 8.56. The molecular formula is C36H44F3N3O2. The predicted octanol–water partition coefficient (Wildman–Crippen LogP) is 7.36. The monoisotopic (exact) mass is 607 g/mol. The van der Waals surface area contributed by atoms with Gasteiger partial charge in [-0.05, 0) is 104 Å². The average Bonchev–Trinajstić information content (AvgIpc) is 3.02. The highest BCUT2D eigenvalue weighted by Gasteiger charge is 2.30. The maximum absolute atomic E-state index is 13.2. The quantitative estimate of drug-likeness (QED) is 0.200. The smallest absolute Gasteiger partial charge is 0.356 e. The third kappa shape index (κ3) is 9.42. The fraction of sp³-hybridized carbons (Fsp3) is 0.444. The van der Waals surface area contributed by atoms with E-state index in [0.717, 1.165) is 76.7 Å². The summed E-state index contributed by atoms with van der Waals surface area (Å²) >= 11 is 0. The summed E-state index contributed by atoms with van der Waals surface area (Å²) in [7, 11) is 0. The van der Waals surface area contributed by atoms with E-state index >= 15 is 0 Å². The van der Waals surface area contributed by atoms with E-state index in [-0.39, 0.29) is 17.9 Å². The first kappa shape index (κ1) is 33.2. The van der Waals surface area contributed by atoms with Crippen molar-refractivity contribution >= 4 is 11.8 Å². The molecule has 1 heterocycles. The Hall–Kier alpha value is -3.65. The van der Waals surface area contributed by atoms with Gasteiger partial charge in [0.05, 0.1) is 5.56 Å². The van der Waals surface area contributed by atoms with Gasteiger partial charge in [-0.3, -0.25) is 9.59 Å². The van der Waals surface area contributed by atoms with Crippen molar-refractivity contribution in [3.8, 4) is 11.1 Å². The van der Waals surface area contributed by atoms with Crippen LogP contribution in [0.4, 0.5) is 13.2 Å². The van der Waals surface area contributed by atoms with Gasteiger partial charge >= 0.3 is 6.18 Å². The molecule has 5 nitrogen and oxygen atoms in total. The molecule has 1 aliphatic heterocycles. The summed E-state index contributed by atoms with van der Waals surface area (Å²) < 4.78 is 38.9. The number of nitrogens with one attached hydrogen (secondary N) is 2. The van der Waals surface area contributed by atoms with E-state index in [4.69, 9.17) is 0 Å². The lowest BCUT2D eigenvalue weighted by Gasteiger charge is -2.32. The first-order valence-electron chi connectivity index (χ1n) is 15.8. The van der Waals surface area contributed by atoms with E-state index in [1.807, 2.05) is 0 Å². The van der Waals surface area contributed by atoms with Gasteiger partial charge in [0.25, 0.3) is 5.91 Å². The number of likely N-dealkylation sites (tertiary alicyclic amines) is 1. The number of nitrogens with zero attached hydrogens (tertiary/aromatic N) is 1. The standard InChI is InChI=1S/C36H44F3N3O2/c1-3-27-11-8-10-26(2)31(27)14-9-15-34(43)40-22-6-7-23-42-24-20-30(21-25-42)41-35(44)33-13-5-4-12-32(33)28-16-18-29(19-17-28)36(37,38)39/h4-5,8,10-13,16-19,30H,3,6-7,9,14-15,20-25H2,1-2H3,(H,40,43)(H,41,44). The molecule has 0 unspecified atom stereocenters. The number of unbranched alkanes of at least 4 members (excludes halogenated alkanes) is 1. The number of carbonyl (C=O) groups excluding carboxylic acids is 2. The summed E-state index contributed by atoms with van der Waals surface area (Å²) in [5.74, 6) is -0.0903. The number of benzene rings is 3. The summed E-state index contributed by atoms with van der Waals surface area (Å²) in [5, 5.41) is 6.20. The van der Waals surface area contributed by atoms with Gasteiger partial charge in [-0.1, -0.05) is 55.5 Å². The highest BCUT2D eigenvalue weighted by molar-refractivity contribution is 6.01. The normalized spacial score (nSPS) is 14.4. The van der Waals surface area contributed by atoms with Crippen LogP contribution < -0.4 is 10.6 Å². The fourth-order valence-corrected chi connectivity index (χ4v) is 5.99. The molecule has 1 fully saturated rings. The Kier molecular flexibility index (Phi) is 12.0. The van der Waals surface area contributed by atoms with Gasteiger partial charge in [-0.25, -0.2) is 0 Å². The van der Waals surface area contributed by atoms with Crippen LogP contribution >= 0.6 is 0 Å². The molecule has 2 N–H and O–H groups in total. The van der Waals surface area contributed by atoms with Crippen molar-refractivity contribution in [2.45, 2.75) is 77.4 Å². The molecule has 236 valence electrons. The van der Waals surface area contributed by atoms with E-state index in [1.54, 1.807) is 24.3 Å². The molecule has 0 spiro atoms. The summed E-state index contributed by atoms with van der Waals surface area (Å²) in [6.45, 7) is 7.73. The van der Waals surface area contributed by atoms with Crippen LogP contribution in [0, 0.1) is 6.92 Å². The van der Waals surface area contributed by atoms with Gasteiger partial charge in [0.15, 0.2) is 0 Å². The number of halogens is 3. The number of piperidine rings is 1. The lowest BCUT2D eigenvalue weighted by atomic mass is 9.95. The van der Waals surface area contributed by atoms with Crippen molar-refractivity contribution in [2.24, 2.45) is 0 Å². The van der Waals surface area contributed by atoms with Crippen LogP contribution in [0.3, 0.4) is 0 Å². The summed E-state index contributed by atoms with van der Waals surface area (Å²) in [6.07, 6.45) is 2.56. The van der Waals surface area contributed by atoms with Gasteiger partial charge in [0.1, 0.15) is 0 Å². The van der Waals surface area contributed by atoms with E-state index in [1.165, 1.54) is 28.8 Å². The molecule has 0 aliphatic carbocycles. The Balaban J connectivity index is 1.13. The van der Waals surface area contributed by atoms with Gasteiger partial charge in [0, 0.05) is 37.7 Å². The number of hydrogen-bond donors (Lipinski definition) is 2. The van der Waals surface area contributed by atoms with Gasteiger partial charge < -0.3 is 15.5 Å². The minimum absolute atomic E-state index is 0.0479. The van der Waals surface area contributed by atoms with E-state index in [0.29, 0.717) is 29.7 Å². The zero-order chi connectivity index (χ0) is 31.5. The van der Waals surface area contributed by atoms with Gasteiger partial charge in [0.2, 0.25) is 5.91 Å². The van der Waals surface area contributed by atoms with E-state index < -0.39 is 11.7 Å². The fourth-order valence-electron chi connectivity index (χ4n) is 5.99. The zero-order valence-corrected chi connectivity index (χ0v) is 25.8. The molecule has 0 atom stereocenters. The van der Waals surface area contributed by atoms with Crippen LogP contribution in [0.2, 0.25) is 0 Å². The Labute approximate surface area is 259 Å². The van der Waals surface area contributed by atoms with Crippen molar-refractivity contribution in [1.29, 1.82) is 0 Å². The minimum atomic E-state index is -4.40. The van der Waals surface area contributed by atoms with Crippen molar-refractivity contribution in [1.82, 2.24) is 15.5 Å². The topological polar surface area (TPSA) is 61.4 Å². The van der Waals surface area contributed by atoms with Crippen LogP contribution in [0.1, 0.15) is 78.1 Å². The number of amides is 2. The molecule has 0 radical (unpaired) electrons. The number of hydrogen-bond acceptors (Lipinski definition) is 3. The largest absolute Gasteiger partial charge is 0.416 e. The highest BCUT2D eigenvalue weighted by atomic mass is 19.4. The average molecular weight is 608 g/mol. The SMILES string of the molecule is CCc1cccc(C)c1CCCC(=O)NCCCCN1CCC(NC(=O)c2ccccc2-c2ccc(C(F)(F)F)cc2)CC1. The van der Waals surface area contributed by atoms with Crippen LogP contribution in [-0.4, -0.2) is 48.9 Å². The molecule has 1 saturated heterocycles. The second-order valence-electron chi connectivity index (χ2n) is 11.7. The maximum Gasteiger partial charge on any atom is 0.416 e. The van der Waals surface area contributed by atoms with Crippen molar-refractivity contribution in [3.63, 3.8) is 0 Å². The maximum atomic E-state index is 13.2. The zero-order valence-electron chi connectivity index (χ0n) is 25.8. The van der Waals surface area contributed by atoms with Crippen molar-refractivity contribution in [3.05, 3.63) is 94.5 Å². The van der Waals surface area contributed by atoms with Crippen LogP contribution in [0.5, 0.6) is 0 Å². The second kappa shape index (κ2) is 15.9. The molecule has 1 aliphatic rings. The first-order chi connectivity index (χ1) is 21.2. The molecule has 0 saturated carbocycles. The molecule has 2 amide bonds. The van der Waals surface area contributed by atoms with Crippen molar-refractivity contribution < 1.29 is 22.8 Å². The van der Waals surface area contributed by atoms with Crippen LogP contribution in [0.15, 0.2) is 66.7 Å². The van der Waals surface area contributed by atoms with Crippen LogP contribution in [-0.2, 0) is 23.8 Å². The predicted molar refractivity (Wildman–Crippen MR) is 170 cm³/mol. The Morgan fingerprint density at radius 3 is 2.34 bits per heavy atom. The minimum Gasteiger partial charge on any atom is -0.356 e. The third-order valence-corrected chi connectivity index (χ3v) is 8.56. The Bertz CT molecular complexity index is 1380. The molecule has 3 aromatic rings. The van der Waals surface area contributed by atoms with Crippen molar-refractivity contribution in [2.75, 3.05) is 26.2 Å². The highest BCUT2D eigenvalue weighted by Crippen LogP contribution is 2.32. The number of alkyl halides is 3. The van der Waals surface area contributed by atoms with E-state index in [9.17, 15) is 22.8 Å². The first-order valence-corrected chi connectivity index (χ1v) is 15.8. The second-order valence-corrected chi connectivity index (χ2v) is 11.7. The summed E-state index contributed by atoms with van der Waals surface area (Å²) in [4.78, 5) is 27.9. The van der Waals surface area contributed by atoms with Gasteiger partial charge in [-0.2, -0.15) is 13.2 Å². The number of aryl methyl sites for hydroxylation is 2. The Morgan fingerprint density at radius 1 is 0.909 bits per heavy atom. The molecule has 0 bridgehead atoms. The molecule has 0 aromatic heterocycles. The van der Waals surface area contributed by atoms with Crippen LogP contribution in [0.25, 0.3) is 11.1 Å². The molecule has 4 rings (SSSR count). The number of rotatable bonds is 13. The molecule has 8 heteroatoms.